The quantitative estimate of drug-likeness (QED) is 0.744. The van der Waals surface area contributed by atoms with Gasteiger partial charge >= 0.3 is 0 Å². The highest BCUT2D eigenvalue weighted by atomic mass is 16.5. The van der Waals surface area contributed by atoms with Crippen LogP contribution in [0.25, 0.3) is 0 Å². The van der Waals surface area contributed by atoms with E-state index in [9.17, 15) is 5.11 Å². The van der Waals surface area contributed by atoms with E-state index in [1.807, 2.05) is 0 Å². The Morgan fingerprint density at radius 1 is 1.24 bits per heavy atom. The molecule has 1 saturated heterocycles. The molecule has 1 heterocycles. The third-order valence-electron chi connectivity index (χ3n) is 4.00. The average Bonchev–Trinajstić information content (AvgIpc) is 2.29. The lowest BCUT2D eigenvalue weighted by Gasteiger charge is -2.35. The van der Waals surface area contributed by atoms with Gasteiger partial charge in [-0.3, -0.25) is 5.32 Å². The second-order valence-corrected chi connectivity index (χ2v) is 5.57. The van der Waals surface area contributed by atoms with Gasteiger partial charge < -0.3 is 9.84 Å². The molecule has 0 radical (unpaired) electrons. The molecule has 17 heavy (non-hydrogen) atoms. The minimum atomic E-state index is -0.380. The number of nitrogens with one attached hydrogen (secondary N) is 1. The van der Waals surface area contributed by atoms with E-state index >= 15 is 0 Å². The molecule has 0 spiro atoms. The number of aliphatic hydroxyl groups is 1. The molecule has 0 bridgehead atoms. The first-order valence-corrected chi connectivity index (χ1v) is 6.90. The van der Waals surface area contributed by atoms with Crippen molar-refractivity contribution in [2.24, 2.45) is 5.92 Å². The summed E-state index contributed by atoms with van der Waals surface area (Å²) in [6.45, 7) is 6.18. The zero-order chi connectivity index (χ0) is 12.3. The third-order valence-corrected chi connectivity index (χ3v) is 4.00. The molecule has 0 aromatic heterocycles. The monoisotopic (exact) mass is 239 g/mol. The Bertz CT molecular complexity index is 267. The van der Waals surface area contributed by atoms with Gasteiger partial charge in [-0.2, -0.15) is 0 Å². The summed E-state index contributed by atoms with van der Waals surface area (Å²) < 4.78 is 6.07. The molecular weight excluding hydrogens is 214 g/mol. The van der Waals surface area contributed by atoms with Crippen LogP contribution in [0.4, 0.5) is 0 Å². The molecule has 4 unspecified atom stereocenters. The van der Waals surface area contributed by atoms with Crippen molar-refractivity contribution in [1.82, 2.24) is 5.32 Å². The molecule has 3 nitrogen and oxygen atoms in total. The van der Waals surface area contributed by atoms with Gasteiger partial charge in [-0.05, 0) is 51.4 Å². The first kappa shape index (κ1) is 13.1. The molecule has 1 aliphatic carbocycles. The predicted octanol–water partition coefficient (Wildman–Crippen LogP) is 2.56. The van der Waals surface area contributed by atoms with Gasteiger partial charge in [0.15, 0.2) is 0 Å². The molecule has 1 saturated carbocycles. The maximum atomic E-state index is 9.54. The zero-order valence-electron chi connectivity index (χ0n) is 10.8. The largest absolute Gasteiger partial charge is 0.379 e. The molecule has 0 aromatic carbocycles. The smallest absolute Gasteiger partial charge is 0.110 e. The van der Waals surface area contributed by atoms with Crippen LogP contribution in [0.15, 0.2) is 12.2 Å². The number of ether oxygens (including phenoxy) is 1. The maximum Gasteiger partial charge on any atom is 0.110 e. The van der Waals surface area contributed by atoms with Crippen LogP contribution in [0.1, 0.15) is 51.9 Å². The summed E-state index contributed by atoms with van der Waals surface area (Å²) in [5.41, 5.74) is 1.29. The first-order valence-electron chi connectivity index (χ1n) is 6.90. The first-order chi connectivity index (χ1) is 8.15. The zero-order valence-corrected chi connectivity index (χ0v) is 10.8. The highest BCUT2D eigenvalue weighted by Gasteiger charge is 2.27. The van der Waals surface area contributed by atoms with Gasteiger partial charge in [-0.25, -0.2) is 0 Å². The van der Waals surface area contributed by atoms with E-state index in [2.05, 4.69) is 18.8 Å². The Hall–Kier alpha value is -0.380. The van der Waals surface area contributed by atoms with Crippen LogP contribution in [0.2, 0.25) is 0 Å². The fourth-order valence-corrected chi connectivity index (χ4v) is 2.93. The minimum Gasteiger partial charge on any atom is -0.379 e. The van der Waals surface area contributed by atoms with Gasteiger partial charge in [0.05, 0.1) is 6.10 Å². The van der Waals surface area contributed by atoms with E-state index in [1.54, 1.807) is 0 Å². The number of rotatable bonds is 3. The fourth-order valence-electron chi connectivity index (χ4n) is 2.93. The SMILES string of the molecule is C=C(C)C1CCCC(OC2CCCC(O)N2)C1. The highest BCUT2D eigenvalue weighted by molar-refractivity contribution is 4.98. The summed E-state index contributed by atoms with van der Waals surface area (Å²) in [7, 11) is 0. The molecule has 2 rings (SSSR count). The van der Waals surface area contributed by atoms with Crippen molar-refractivity contribution >= 4 is 0 Å². The number of allylic oxidation sites excluding steroid dienone is 1. The summed E-state index contributed by atoms with van der Waals surface area (Å²) >= 11 is 0. The number of aliphatic hydroxyl groups excluding tert-OH is 1. The average molecular weight is 239 g/mol. The van der Waals surface area contributed by atoms with Crippen LogP contribution in [-0.4, -0.2) is 23.7 Å². The van der Waals surface area contributed by atoms with Crippen LogP contribution in [0.5, 0.6) is 0 Å². The topological polar surface area (TPSA) is 41.5 Å². The molecule has 2 N–H and O–H groups in total. The van der Waals surface area contributed by atoms with E-state index < -0.39 is 0 Å². The Balaban J connectivity index is 1.79. The second kappa shape index (κ2) is 5.98. The van der Waals surface area contributed by atoms with E-state index in [1.165, 1.54) is 18.4 Å². The Morgan fingerprint density at radius 2 is 2.00 bits per heavy atom. The molecule has 4 atom stereocenters. The van der Waals surface area contributed by atoms with Crippen LogP contribution in [-0.2, 0) is 4.74 Å². The van der Waals surface area contributed by atoms with E-state index in [4.69, 9.17) is 4.74 Å². The Labute approximate surface area is 104 Å². The summed E-state index contributed by atoms with van der Waals surface area (Å²) in [4.78, 5) is 0. The Morgan fingerprint density at radius 3 is 2.71 bits per heavy atom. The number of hydrogen-bond acceptors (Lipinski definition) is 3. The molecular formula is C14H25NO2. The molecule has 1 aliphatic heterocycles. The van der Waals surface area contributed by atoms with Crippen molar-refractivity contribution in [1.29, 1.82) is 0 Å². The molecule has 98 valence electrons. The normalized spacial score (nSPS) is 38.9. The van der Waals surface area contributed by atoms with Crippen LogP contribution in [0, 0.1) is 5.92 Å². The highest BCUT2D eigenvalue weighted by Crippen LogP contribution is 2.31. The van der Waals surface area contributed by atoms with Gasteiger partial charge in [0.2, 0.25) is 0 Å². The van der Waals surface area contributed by atoms with Gasteiger partial charge in [0.1, 0.15) is 12.5 Å². The maximum absolute atomic E-state index is 9.54. The second-order valence-electron chi connectivity index (χ2n) is 5.57. The van der Waals surface area contributed by atoms with Gasteiger partial charge in [-0.15, -0.1) is 0 Å². The van der Waals surface area contributed by atoms with Crippen molar-refractivity contribution in [2.45, 2.75) is 70.4 Å². The molecule has 2 aliphatic rings. The Kier molecular flexibility index (Phi) is 4.60. The lowest BCUT2D eigenvalue weighted by molar-refractivity contribution is -0.0934. The van der Waals surface area contributed by atoms with Crippen molar-refractivity contribution in [3.05, 3.63) is 12.2 Å². The van der Waals surface area contributed by atoms with Crippen molar-refractivity contribution in [3.63, 3.8) is 0 Å². The van der Waals surface area contributed by atoms with Crippen LogP contribution < -0.4 is 5.32 Å². The summed E-state index contributed by atoms with van der Waals surface area (Å²) in [6, 6.07) is 0. The van der Waals surface area contributed by atoms with Crippen molar-refractivity contribution < 1.29 is 9.84 Å². The summed E-state index contributed by atoms with van der Waals surface area (Å²) in [5, 5.41) is 12.7. The molecule has 3 heteroatoms. The van der Waals surface area contributed by atoms with Crippen molar-refractivity contribution in [2.75, 3.05) is 0 Å². The summed E-state index contributed by atoms with van der Waals surface area (Å²) in [5.74, 6) is 0.627. The lowest BCUT2D eigenvalue weighted by Crippen LogP contribution is -2.45. The van der Waals surface area contributed by atoms with Crippen LogP contribution >= 0.6 is 0 Å². The van der Waals surface area contributed by atoms with Gasteiger partial charge in [0.25, 0.3) is 0 Å². The van der Waals surface area contributed by atoms with Gasteiger partial charge in [-0.1, -0.05) is 18.6 Å². The fraction of sp³-hybridized carbons (Fsp3) is 0.857. The van der Waals surface area contributed by atoms with E-state index in [0.717, 1.165) is 32.1 Å². The van der Waals surface area contributed by atoms with E-state index in [-0.39, 0.29) is 12.5 Å². The third kappa shape index (κ3) is 3.80. The number of hydrogen-bond donors (Lipinski definition) is 2. The molecule has 0 amide bonds. The van der Waals surface area contributed by atoms with Crippen LogP contribution in [0.3, 0.4) is 0 Å². The van der Waals surface area contributed by atoms with Gasteiger partial charge in [0, 0.05) is 0 Å². The molecule has 0 aromatic rings. The summed E-state index contributed by atoms with van der Waals surface area (Å²) in [6.07, 6.45) is 7.67. The van der Waals surface area contributed by atoms with E-state index in [0.29, 0.717) is 12.0 Å². The minimum absolute atomic E-state index is 0.0487. The predicted molar refractivity (Wildman–Crippen MR) is 68.4 cm³/mol. The molecule has 2 fully saturated rings. The number of piperidine rings is 1. The standard InChI is InChI=1S/C14H25NO2/c1-10(2)11-5-3-6-12(9-11)17-14-8-4-7-13(16)15-14/h11-16H,1,3-9H2,2H3. The lowest BCUT2D eigenvalue weighted by atomic mass is 9.83. The van der Waals surface area contributed by atoms with Crippen molar-refractivity contribution in [3.8, 4) is 0 Å².